The Hall–Kier alpha value is -3.15. The Bertz CT molecular complexity index is 756. The first-order chi connectivity index (χ1) is 12.4. The molecule has 0 bridgehead atoms. The third kappa shape index (κ3) is 6.39. The van der Waals surface area contributed by atoms with E-state index in [1.807, 2.05) is 30.3 Å². The van der Waals surface area contributed by atoms with Crippen LogP contribution in [0.1, 0.15) is 26.7 Å². The van der Waals surface area contributed by atoms with Gasteiger partial charge >= 0.3 is 5.97 Å². The van der Waals surface area contributed by atoms with Crippen LogP contribution >= 0.6 is 0 Å². The van der Waals surface area contributed by atoms with Gasteiger partial charge in [-0.15, -0.1) is 0 Å². The van der Waals surface area contributed by atoms with Gasteiger partial charge in [0.1, 0.15) is 17.3 Å². The second kappa shape index (κ2) is 9.36. The lowest BCUT2D eigenvalue weighted by atomic mass is 10.2. The van der Waals surface area contributed by atoms with Crippen LogP contribution in [0.4, 0.5) is 5.69 Å². The number of ketones is 1. The molecule has 1 atom stereocenters. The molecule has 2 aromatic rings. The number of para-hydroxylation sites is 1. The van der Waals surface area contributed by atoms with E-state index in [9.17, 15) is 14.4 Å². The zero-order valence-electron chi connectivity index (χ0n) is 14.7. The van der Waals surface area contributed by atoms with Crippen LogP contribution in [0.25, 0.3) is 0 Å². The van der Waals surface area contributed by atoms with Gasteiger partial charge in [0.25, 0.3) is 5.91 Å². The van der Waals surface area contributed by atoms with Gasteiger partial charge < -0.3 is 19.6 Å². The number of rotatable bonds is 8. The molecule has 6 heteroatoms. The number of nitrogens with one attached hydrogen (secondary N) is 1. The number of esters is 1. The molecule has 0 aliphatic rings. The van der Waals surface area contributed by atoms with E-state index in [0.29, 0.717) is 11.4 Å². The van der Waals surface area contributed by atoms with Crippen molar-refractivity contribution in [3.05, 3.63) is 54.6 Å². The summed E-state index contributed by atoms with van der Waals surface area (Å²) in [6.45, 7) is 2.88. The quantitative estimate of drug-likeness (QED) is 0.730. The molecule has 1 amide bonds. The molecule has 0 saturated heterocycles. The minimum absolute atomic E-state index is 0.0293. The molecule has 0 aliphatic heterocycles. The highest BCUT2D eigenvalue weighted by Crippen LogP contribution is 2.22. The van der Waals surface area contributed by atoms with Gasteiger partial charge in [-0.05, 0) is 50.2 Å². The van der Waals surface area contributed by atoms with Crippen LogP contribution in [-0.4, -0.2) is 23.8 Å². The first-order valence-electron chi connectivity index (χ1n) is 8.27. The Morgan fingerprint density at radius 3 is 2.15 bits per heavy atom. The summed E-state index contributed by atoms with van der Waals surface area (Å²) in [5, 5.41) is 2.66. The van der Waals surface area contributed by atoms with E-state index >= 15 is 0 Å². The SMILES string of the molecule is CC(=O)CCC(=O)O[C@H](C)C(=O)Nc1ccc(Oc2ccccc2)cc1. The van der Waals surface area contributed by atoms with E-state index in [-0.39, 0.29) is 18.6 Å². The van der Waals surface area contributed by atoms with Gasteiger partial charge in [0.05, 0.1) is 6.42 Å². The number of benzene rings is 2. The van der Waals surface area contributed by atoms with Crippen molar-refractivity contribution in [3.8, 4) is 11.5 Å². The number of hydrogen-bond acceptors (Lipinski definition) is 5. The van der Waals surface area contributed by atoms with Crippen LogP contribution in [0.15, 0.2) is 54.6 Å². The maximum Gasteiger partial charge on any atom is 0.307 e. The van der Waals surface area contributed by atoms with Crippen molar-refractivity contribution in [3.63, 3.8) is 0 Å². The minimum Gasteiger partial charge on any atom is -0.457 e. The molecule has 2 rings (SSSR count). The zero-order chi connectivity index (χ0) is 18.9. The van der Waals surface area contributed by atoms with Gasteiger partial charge in [0, 0.05) is 12.1 Å². The van der Waals surface area contributed by atoms with E-state index in [1.165, 1.54) is 13.8 Å². The molecule has 0 fully saturated rings. The van der Waals surface area contributed by atoms with E-state index in [1.54, 1.807) is 24.3 Å². The van der Waals surface area contributed by atoms with E-state index < -0.39 is 18.0 Å². The molecule has 0 spiro atoms. The van der Waals surface area contributed by atoms with Crippen molar-refractivity contribution >= 4 is 23.3 Å². The van der Waals surface area contributed by atoms with Crippen molar-refractivity contribution in [2.24, 2.45) is 0 Å². The largest absolute Gasteiger partial charge is 0.457 e. The second-order valence-corrected chi connectivity index (χ2v) is 5.76. The fourth-order valence-electron chi connectivity index (χ4n) is 2.06. The molecule has 0 aliphatic carbocycles. The summed E-state index contributed by atoms with van der Waals surface area (Å²) < 4.78 is 10.7. The van der Waals surface area contributed by atoms with Gasteiger partial charge in [-0.2, -0.15) is 0 Å². The second-order valence-electron chi connectivity index (χ2n) is 5.76. The maximum absolute atomic E-state index is 12.1. The first kappa shape index (κ1) is 19.2. The number of anilines is 1. The van der Waals surface area contributed by atoms with Gasteiger partial charge in [-0.3, -0.25) is 9.59 Å². The lowest BCUT2D eigenvalue weighted by Crippen LogP contribution is -2.30. The predicted molar refractivity (Wildman–Crippen MR) is 97.1 cm³/mol. The summed E-state index contributed by atoms with van der Waals surface area (Å²) in [5.41, 5.74) is 0.557. The van der Waals surface area contributed by atoms with Crippen molar-refractivity contribution in [2.75, 3.05) is 5.32 Å². The molecule has 0 heterocycles. The topological polar surface area (TPSA) is 81.7 Å². The number of carbonyl (C=O) groups excluding carboxylic acids is 3. The highest BCUT2D eigenvalue weighted by molar-refractivity contribution is 5.95. The maximum atomic E-state index is 12.1. The Morgan fingerprint density at radius 1 is 0.923 bits per heavy atom. The summed E-state index contributed by atoms with van der Waals surface area (Å²) in [6, 6.07) is 16.2. The third-order valence-corrected chi connectivity index (χ3v) is 3.46. The molecule has 0 radical (unpaired) electrons. The van der Waals surface area contributed by atoms with Gasteiger partial charge in [-0.1, -0.05) is 18.2 Å². The van der Waals surface area contributed by atoms with Gasteiger partial charge in [0.2, 0.25) is 0 Å². The normalized spacial score (nSPS) is 11.3. The average Bonchev–Trinajstić information content (AvgIpc) is 2.62. The van der Waals surface area contributed by atoms with Crippen LogP contribution < -0.4 is 10.1 Å². The fraction of sp³-hybridized carbons (Fsp3) is 0.250. The Labute approximate surface area is 152 Å². The molecule has 26 heavy (non-hydrogen) atoms. The van der Waals surface area contributed by atoms with Crippen molar-refractivity contribution in [1.82, 2.24) is 0 Å². The summed E-state index contributed by atoms with van der Waals surface area (Å²) in [4.78, 5) is 34.5. The van der Waals surface area contributed by atoms with Gasteiger partial charge in [0.15, 0.2) is 6.10 Å². The number of ether oxygens (including phenoxy) is 2. The monoisotopic (exact) mass is 355 g/mol. The lowest BCUT2D eigenvalue weighted by Gasteiger charge is -2.13. The predicted octanol–water partition coefficient (Wildman–Crippen LogP) is 3.72. The molecule has 6 nitrogen and oxygen atoms in total. The smallest absolute Gasteiger partial charge is 0.307 e. The molecule has 2 aromatic carbocycles. The molecule has 0 aromatic heterocycles. The summed E-state index contributed by atoms with van der Waals surface area (Å²) in [6.07, 6.45) is -0.871. The summed E-state index contributed by atoms with van der Waals surface area (Å²) in [7, 11) is 0. The standard InChI is InChI=1S/C20H21NO5/c1-14(22)8-13-19(23)25-15(2)20(24)21-16-9-11-18(12-10-16)26-17-6-4-3-5-7-17/h3-7,9-12,15H,8,13H2,1-2H3,(H,21,24)/t15-/m1/s1. The van der Waals surface area contributed by atoms with Crippen LogP contribution in [-0.2, 0) is 19.1 Å². The Kier molecular flexibility index (Phi) is 6.91. The van der Waals surface area contributed by atoms with Gasteiger partial charge in [-0.25, -0.2) is 0 Å². The lowest BCUT2D eigenvalue weighted by molar-refractivity contribution is -0.153. The molecule has 0 unspecified atom stereocenters. The van der Waals surface area contributed by atoms with Crippen LogP contribution in [0.3, 0.4) is 0 Å². The number of hydrogen-bond donors (Lipinski definition) is 1. The zero-order valence-corrected chi connectivity index (χ0v) is 14.7. The molecule has 136 valence electrons. The van der Waals surface area contributed by atoms with Crippen molar-refractivity contribution < 1.29 is 23.9 Å². The molecular weight excluding hydrogens is 334 g/mol. The molecule has 1 N–H and O–H groups in total. The third-order valence-electron chi connectivity index (χ3n) is 3.46. The van der Waals surface area contributed by atoms with Crippen LogP contribution in [0, 0.1) is 0 Å². The Morgan fingerprint density at radius 2 is 1.54 bits per heavy atom. The highest BCUT2D eigenvalue weighted by Gasteiger charge is 2.18. The van der Waals surface area contributed by atoms with E-state index in [0.717, 1.165) is 5.75 Å². The average molecular weight is 355 g/mol. The first-order valence-corrected chi connectivity index (χ1v) is 8.27. The fourth-order valence-corrected chi connectivity index (χ4v) is 2.06. The number of amides is 1. The number of Topliss-reactive ketones (excluding diaryl/α,β-unsaturated/α-hetero) is 1. The highest BCUT2D eigenvalue weighted by atomic mass is 16.5. The van der Waals surface area contributed by atoms with Crippen LogP contribution in [0.5, 0.6) is 11.5 Å². The van der Waals surface area contributed by atoms with Crippen molar-refractivity contribution in [1.29, 1.82) is 0 Å². The van der Waals surface area contributed by atoms with Crippen molar-refractivity contribution in [2.45, 2.75) is 32.8 Å². The van der Waals surface area contributed by atoms with Crippen LogP contribution in [0.2, 0.25) is 0 Å². The summed E-state index contributed by atoms with van der Waals surface area (Å²) in [5.74, 6) is 0.234. The molecular formula is C20H21NO5. The minimum atomic E-state index is -0.949. The summed E-state index contributed by atoms with van der Waals surface area (Å²) >= 11 is 0. The Balaban J connectivity index is 1.84. The number of carbonyl (C=O) groups is 3. The van der Waals surface area contributed by atoms with E-state index in [4.69, 9.17) is 9.47 Å². The molecule has 0 saturated carbocycles. The van der Waals surface area contributed by atoms with E-state index in [2.05, 4.69) is 5.32 Å².